The summed E-state index contributed by atoms with van der Waals surface area (Å²) in [5, 5.41) is 12.2. The van der Waals surface area contributed by atoms with E-state index < -0.39 is 48.0 Å². The van der Waals surface area contributed by atoms with Crippen LogP contribution in [0.1, 0.15) is 45.6 Å². The molecule has 1 atom stereocenters. The number of aliphatic carboxylic acids is 1. The lowest BCUT2D eigenvalue weighted by atomic mass is 10.0. The summed E-state index contributed by atoms with van der Waals surface area (Å²) in [4.78, 5) is 39.6. The lowest BCUT2D eigenvalue weighted by Gasteiger charge is -2.40. The summed E-state index contributed by atoms with van der Waals surface area (Å²) in [5.74, 6) is -5.30. The molecule has 0 bridgehead atoms. The number of hydrazine groups is 1. The van der Waals surface area contributed by atoms with Crippen molar-refractivity contribution in [1.29, 1.82) is 0 Å². The summed E-state index contributed by atoms with van der Waals surface area (Å²) in [6.07, 6.45) is 0.0551. The van der Waals surface area contributed by atoms with Crippen LogP contribution in [0.4, 0.5) is 8.78 Å². The highest BCUT2D eigenvalue weighted by Crippen LogP contribution is 2.33. The van der Waals surface area contributed by atoms with Crippen molar-refractivity contribution in [3.63, 3.8) is 0 Å². The molecule has 0 radical (unpaired) electrons. The van der Waals surface area contributed by atoms with Gasteiger partial charge >= 0.3 is 11.9 Å². The van der Waals surface area contributed by atoms with Gasteiger partial charge in [0.2, 0.25) is 11.7 Å². The number of carboxylic acid groups (broad SMARTS) is 1. The molecule has 2 fully saturated rings. The van der Waals surface area contributed by atoms with E-state index in [1.165, 1.54) is 24.1 Å². The number of nitrogens with zero attached hydrogens (tertiary/aromatic N) is 3. The lowest BCUT2D eigenvalue weighted by Crippen LogP contribution is -2.58. The van der Waals surface area contributed by atoms with Crippen LogP contribution in [0.5, 0.6) is 5.75 Å². The van der Waals surface area contributed by atoms with Crippen molar-refractivity contribution in [1.82, 2.24) is 14.9 Å². The van der Waals surface area contributed by atoms with E-state index in [0.717, 1.165) is 18.1 Å². The number of ether oxygens (including phenoxy) is 3. The molecule has 1 aromatic rings. The third-order valence-corrected chi connectivity index (χ3v) is 6.73. The minimum absolute atomic E-state index is 0.0608. The van der Waals surface area contributed by atoms with Crippen LogP contribution in [-0.2, 0) is 30.4 Å². The summed E-state index contributed by atoms with van der Waals surface area (Å²) in [5.41, 5.74) is -1.62. The Labute approximate surface area is 221 Å². The standard InChI is InChI=1S/C26H37F2N3O7/c1-18(2)17-38-22(33)15-21(32)30(31-8-4-7-26(31,3)25(34)35)16-19-5-6-20(24(28)23(19)27)37-14-11-29-9-12-36-13-10-29/h5-6,18H,4,7-17H2,1-3H3,(H,34,35)/t26-/m1/s1. The number of hydrogen-bond acceptors (Lipinski definition) is 8. The van der Waals surface area contributed by atoms with Crippen molar-refractivity contribution < 1.29 is 42.5 Å². The van der Waals surface area contributed by atoms with Crippen LogP contribution >= 0.6 is 0 Å². The molecular formula is C26H37F2N3O7. The number of hydrogen-bond donors (Lipinski definition) is 1. The molecular weight excluding hydrogens is 504 g/mol. The summed E-state index contributed by atoms with van der Waals surface area (Å²) in [7, 11) is 0. The third-order valence-electron chi connectivity index (χ3n) is 6.73. The first-order chi connectivity index (χ1) is 18.0. The highest BCUT2D eigenvalue weighted by atomic mass is 19.2. The van der Waals surface area contributed by atoms with E-state index in [9.17, 15) is 23.9 Å². The van der Waals surface area contributed by atoms with Crippen molar-refractivity contribution in [3.05, 3.63) is 29.3 Å². The first kappa shape index (κ1) is 29.7. The van der Waals surface area contributed by atoms with Gasteiger partial charge in [-0.2, -0.15) is 4.39 Å². The van der Waals surface area contributed by atoms with Crippen LogP contribution in [0.25, 0.3) is 0 Å². The summed E-state index contributed by atoms with van der Waals surface area (Å²) < 4.78 is 45.9. The Morgan fingerprint density at radius 1 is 1.16 bits per heavy atom. The highest BCUT2D eigenvalue weighted by molar-refractivity contribution is 5.94. The van der Waals surface area contributed by atoms with Crippen LogP contribution in [0.2, 0.25) is 0 Å². The maximum Gasteiger partial charge on any atom is 0.325 e. The van der Waals surface area contributed by atoms with Gasteiger partial charge in [-0.3, -0.25) is 24.3 Å². The summed E-state index contributed by atoms with van der Waals surface area (Å²) in [6.45, 7) is 8.39. The molecule has 0 spiro atoms. The number of carbonyl (C=O) groups is 3. The molecule has 0 aromatic heterocycles. The van der Waals surface area contributed by atoms with Gasteiger partial charge in [-0.05, 0) is 31.7 Å². The third kappa shape index (κ3) is 7.39. The molecule has 10 nitrogen and oxygen atoms in total. The zero-order chi connectivity index (χ0) is 27.9. The predicted molar refractivity (Wildman–Crippen MR) is 132 cm³/mol. The summed E-state index contributed by atoms with van der Waals surface area (Å²) >= 11 is 0. The smallest absolute Gasteiger partial charge is 0.325 e. The van der Waals surface area contributed by atoms with Crippen molar-refractivity contribution in [2.75, 3.05) is 52.6 Å². The van der Waals surface area contributed by atoms with Gasteiger partial charge in [0.15, 0.2) is 11.6 Å². The molecule has 2 heterocycles. The Kier molecular flexibility index (Phi) is 10.4. The number of amides is 1. The number of esters is 1. The quantitative estimate of drug-likeness (QED) is 0.315. The Hall–Kier alpha value is -2.83. The van der Waals surface area contributed by atoms with Gasteiger partial charge in [0.05, 0.1) is 26.4 Å². The molecule has 2 saturated heterocycles. The molecule has 2 aliphatic heterocycles. The van der Waals surface area contributed by atoms with E-state index in [4.69, 9.17) is 14.2 Å². The van der Waals surface area contributed by atoms with Crippen molar-refractivity contribution in [2.45, 2.75) is 52.1 Å². The van der Waals surface area contributed by atoms with Crippen molar-refractivity contribution in [2.24, 2.45) is 5.92 Å². The summed E-state index contributed by atoms with van der Waals surface area (Å²) in [6, 6.07) is 2.58. The van der Waals surface area contributed by atoms with Crippen molar-refractivity contribution >= 4 is 17.8 Å². The first-order valence-electron chi connectivity index (χ1n) is 12.9. The zero-order valence-electron chi connectivity index (χ0n) is 22.2. The number of carboxylic acids is 1. The molecule has 2 aliphatic rings. The average Bonchev–Trinajstić information content (AvgIpc) is 3.28. The van der Waals surface area contributed by atoms with E-state index in [1.54, 1.807) is 0 Å². The molecule has 0 unspecified atom stereocenters. The fourth-order valence-corrected chi connectivity index (χ4v) is 4.46. The molecule has 3 rings (SSSR count). The lowest BCUT2D eigenvalue weighted by molar-refractivity contribution is -0.175. The second-order valence-corrected chi connectivity index (χ2v) is 10.2. The largest absolute Gasteiger partial charge is 0.489 e. The van der Waals surface area contributed by atoms with Gasteiger partial charge in [-0.1, -0.05) is 19.9 Å². The SMILES string of the molecule is CC(C)COC(=O)CC(=O)N(Cc1ccc(OCCN2CCOCC2)c(F)c1F)N1CCC[C@]1(C)C(=O)O. The predicted octanol–water partition coefficient (Wildman–Crippen LogP) is 2.45. The monoisotopic (exact) mass is 541 g/mol. The fraction of sp³-hybridized carbons (Fsp3) is 0.654. The van der Waals surface area contributed by atoms with Crippen LogP contribution in [-0.4, -0.2) is 96.0 Å². The Morgan fingerprint density at radius 2 is 1.87 bits per heavy atom. The topological polar surface area (TPSA) is 109 Å². The van der Waals surface area contributed by atoms with Crippen molar-refractivity contribution in [3.8, 4) is 5.75 Å². The minimum atomic E-state index is -1.45. The molecule has 1 amide bonds. The molecule has 212 valence electrons. The van der Waals surface area contributed by atoms with E-state index in [0.29, 0.717) is 26.2 Å². The van der Waals surface area contributed by atoms with Crippen LogP contribution in [0.15, 0.2) is 12.1 Å². The number of morpholine rings is 1. The molecule has 38 heavy (non-hydrogen) atoms. The van der Waals surface area contributed by atoms with Crippen LogP contribution < -0.4 is 4.74 Å². The Bertz CT molecular complexity index is 1000. The first-order valence-corrected chi connectivity index (χ1v) is 12.9. The van der Waals surface area contributed by atoms with Gasteiger partial charge in [0.1, 0.15) is 18.6 Å². The van der Waals surface area contributed by atoms with Crippen LogP contribution in [0.3, 0.4) is 0 Å². The second kappa shape index (κ2) is 13.3. The Morgan fingerprint density at radius 3 is 2.53 bits per heavy atom. The second-order valence-electron chi connectivity index (χ2n) is 10.2. The Balaban J connectivity index is 1.76. The van der Waals surface area contributed by atoms with Gasteiger partial charge in [0.25, 0.3) is 0 Å². The zero-order valence-corrected chi connectivity index (χ0v) is 22.2. The minimum Gasteiger partial charge on any atom is -0.489 e. The maximum absolute atomic E-state index is 15.1. The molecule has 1 aromatic carbocycles. The maximum atomic E-state index is 15.1. The number of halogens is 2. The van der Waals surface area contributed by atoms with Gasteiger partial charge in [-0.15, -0.1) is 0 Å². The van der Waals surface area contributed by atoms with E-state index >= 15 is 4.39 Å². The number of rotatable bonds is 12. The normalized spacial score (nSPS) is 20.5. The molecule has 0 saturated carbocycles. The molecule has 0 aliphatic carbocycles. The van der Waals surface area contributed by atoms with Crippen LogP contribution in [0, 0.1) is 17.6 Å². The van der Waals surface area contributed by atoms with Gasteiger partial charge in [-0.25, -0.2) is 9.40 Å². The van der Waals surface area contributed by atoms with Gasteiger partial charge < -0.3 is 19.3 Å². The average molecular weight is 542 g/mol. The molecule has 12 heteroatoms. The number of carbonyl (C=O) groups excluding carboxylic acids is 2. The highest BCUT2D eigenvalue weighted by Gasteiger charge is 2.48. The van der Waals surface area contributed by atoms with E-state index in [2.05, 4.69) is 4.90 Å². The number of benzene rings is 1. The van der Waals surface area contributed by atoms with E-state index in [-0.39, 0.29) is 43.4 Å². The van der Waals surface area contributed by atoms with E-state index in [1.807, 2.05) is 13.8 Å². The molecule has 1 N–H and O–H groups in total. The van der Waals surface area contributed by atoms with Gasteiger partial charge in [0, 0.05) is 31.7 Å². The fourth-order valence-electron chi connectivity index (χ4n) is 4.46.